The number of hydrogen-bond acceptors (Lipinski definition) is 4. The van der Waals surface area contributed by atoms with Crippen molar-refractivity contribution in [2.75, 3.05) is 13.7 Å². The second kappa shape index (κ2) is 3.86. The molecule has 0 saturated carbocycles. The van der Waals surface area contributed by atoms with E-state index in [0.717, 1.165) is 12.1 Å². The third-order valence-corrected chi connectivity index (χ3v) is 2.57. The van der Waals surface area contributed by atoms with E-state index in [2.05, 4.69) is 15.0 Å². The molecule has 1 aliphatic heterocycles. The van der Waals surface area contributed by atoms with Gasteiger partial charge in [-0.2, -0.15) is 0 Å². The molecular weight excluding hydrogens is 196 g/mol. The highest BCUT2D eigenvalue weighted by atomic mass is 16.5. The zero-order valence-corrected chi connectivity index (χ0v) is 8.42. The molecule has 0 radical (unpaired) electrons. The number of methoxy groups -OCH3 is 1. The van der Waals surface area contributed by atoms with Gasteiger partial charge < -0.3 is 15.0 Å². The summed E-state index contributed by atoms with van der Waals surface area (Å²) < 4.78 is 4.66. The minimum Gasteiger partial charge on any atom is -0.465 e. The number of H-pyrrole nitrogens is 1. The number of carbonyl (C=O) groups is 1. The summed E-state index contributed by atoms with van der Waals surface area (Å²) in [5.74, 6) is -0.399. The number of carbonyl (C=O) groups excluding carboxylic acids is 1. The fourth-order valence-electron chi connectivity index (χ4n) is 1.80. The summed E-state index contributed by atoms with van der Waals surface area (Å²) in [5.41, 5.74) is 1.78. The Kier molecular flexibility index (Phi) is 2.55. The maximum absolute atomic E-state index is 11.5. The van der Waals surface area contributed by atoms with Crippen LogP contribution in [0.3, 0.4) is 0 Å². The molecule has 1 aromatic heterocycles. The quantitative estimate of drug-likeness (QED) is 0.627. The van der Waals surface area contributed by atoms with Gasteiger partial charge in [-0.1, -0.05) is 0 Å². The molecule has 0 amide bonds. The molecule has 0 spiro atoms. The van der Waals surface area contributed by atoms with E-state index in [9.17, 15) is 9.59 Å². The average Bonchev–Trinajstić information content (AvgIpc) is 2.29. The molecule has 1 aliphatic rings. The monoisotopic (exact) mass is 208 g/mol. The summed E-state index contributed by atoms with van der Waals surface area (Å²) >= 11 is 0. The fourth-order valence-corrected chi connectivity index (χ4v) is 1.80. The Labute approximate surface area is 86.5 Å². The molecule has 0 bridgehead atoms. The van der Waals surface area contributed by atoms with Gasteiger partial charge in [0.2, 0.25) is 0 Å². The molecule has 0 atom stereocenters. The van der Waals surface area contributed by atoms with Crippen molar-refractivity contribution in [1.29, 1.82) is 0 Å². The van der Waals surface area contributed by atoms with E-state index in [4.69, 9.17) is 0 Å². The maximum atomic E-state index is 11.5. The molecule has 5 heteroatoms. The lowest BCUT2D eigenvalue weighted by atomic mass is 9.98. The Hall–Kier alpha value is -1.62. The van der Waals surface area contributed by atoms with E-state index < -0.39 is 5.97 Å². The zero-order valence-electron chi connectivity index (χ0n) is 8.42. The van der Waals surface area contributed by atoms with Crippen LogP contribution >= 0.6 is 0 Å². The molecule has 0 saturated heterocycles. The second-order valence-corrected chi connectivity index (χ2v) is 3.41. The first-order valence-corrected chi connectivity index (χ1v) is 4.76. The van der Waals surface area contributed by atoms with Crippen LogP contribution in [0.1, 0.15) is 21.5 Å². The van der Waals surface area contributed by atoms with Crippen LogP contribution in [0.25, 0.3) is 0 Å². The van der Waals surface area contributed by atoms with E-state index in [-0.39, 0.29) is 5.56 Å². The molecule has 2 rings (SSSR count). The van der Waals surface area contributed by atoms with E-state index in [1.54, 1.807) is 0 Å². The van der Waals surface area contributed by atoms with Crippen molar-refractivity contribution in [3.8, 4) is 0 Å². The van der Waals surface area contributed by atoms with Crippen LogP contribution in [0.4, 0.5) is 0 Å². The van der Waals surface area contributed by atoms with Gasteiger partial charge in [-0.05, 0) is 18.5 Å². The molecule has 1 aromatic rings. The van der Waals surface area contributed by atoms with Crippen molar-refractivity contribution in [1.82, 2.24) is 10.3 Å². The van der Waals surface area contributed by atoms with Crippen molar-refractivity contribution in [3.05, 3.63) is 33.2 Å². The lowest BCUT2D eigenvalue weighted by Gasteiger charge is -2.17. The summed E-state index contributed by atoms with van der Waals surface area (Å²) in [7, 11) is 1.33. The maximum Gasteiger partial charge on any atom is 0.339 e. The number of pyridine rings is 1. The highest BCUT2D eigenvalue weighted by molar-refractivity contribution is 5.91. The summed E-state index contributed by atoms with van der Waals surface area (Å²) in [6.45, 7) is 1.29. The minimum absolute atomic E-state index is 0.134. The second-order valence-electron chi connectivity index (χ2n) is 3.41. The van der Waals surface area contributed by atoms with Crippen LogP contribution in [-0.4, -0.2) is 24.6 Å². The molecule has 2 heterocycles. The van der Waals surface area contributed by atoms with Gasteiger partial charge in [-0.25, -0.2) is 4.79 Å². The Morgan fingerprint density at radius 3 is 3.00 bits per heavy atom. The Bertz CT molecular complexity index is 450. The summed E-state index contributed by atoms with van der Waals surface area (Å²) in [6.07, 6.45) is 2.11. The Balaban J connectivity index is 2.57. The standard InChI is InChI=1S/C10H12N2O3/c1-15-10(14)8-5-12-9(13)7-4-11-3-2-6(7)8/h5,11H,2-4H2,1H3,(H,12,13). The first-order chi connectivity index (χ1) is 7.24. The van der Waals surface area contributed by atoms with Crippen molar-refractivity contribution in [3.63, 3.8) is 0 Å². The van der Waals surface area contributed by atoms with E-state index >= 15 is 0 Å². The number of nitrogens with one attached hydrogen (secondary N) is 2. The van der Waals surface area contributed by atoms with Gasteiger partial charge in [-0.15, -0.1) is 0 Å². The van der Waals surface area contributed by atoms with Crippen LogP contribution in [0.15, 0.2) is 11.0 Å². The predicted molar refractivity (Wildman–Crippen MR) is 53.8 cm³/mol. The van der Waals surface area contributed by atoms with Crippen LogP contribution < -0.4 is 10.9 Å². The third-order valence-electron chi connectivity index (χ3n) is 2.57. The van der Waals surface area contributed by atoms with Gasteiger partial charge in [0, 0.05) is 18.3 Å². The molecule has 0 fully saturated rings. The number of aromatic nitrogens is 1. The lowest BCUT2D eigenvalue weighted by molar-refractivity contribution is 0.0598. The SMILES string of the molecule is COC(=O)c1c[nH]c(=O)c2c1CCNC2. The van der Waals surface area contributed by atoms with Crippen molar-refractivity contribution >= 4 is 5.97 Å². The smallest absolute Gasteiger partial charge is 0.339 e. The Morgan fingerprint density at radius 1 is 1.47 bits per heavy atom. The summed E-state index contributed by atoms with van der Waals surface area (Å²) in [5, 5.41) is 3.09. The Morgan fingerprint density at radius 2 is 2.27 bits per heavy atom. The number of rotatable bonds is 1. The predicted octanol–water partition coefficient (Wildman–Crippen LogP) is -0.193. The first kappa shape index (κ1) is 9.92. The lowest BCUT2D eigenvalue weighted by Crippen LogP contribution is -2.32. The number of esters is 1. The molecule has 0 aromatic carbocycles. The van der Waals surface area contributed by atoms with Gasteiger partial charge in [-0.3, -0.25) is 4.79 Å². The molecule has 2 N–H and O–H groups in total. The van der Waals surface area contributed by atoms with Crippen LogP contribution in [-0.2, 0) is 17.7 Å². The minimum atomic E-state index is -0.399. The topological polar surface area (TPSA) is 71.2 Å². The normalized spacial score (nSPS) is 14.5. The largest absolute Gasteiger partial charge is 0.465 e. The highest BCUT2D eigenvalue weighted by Crippen LogP contribution is 2.15. The molecule has 5 nitrogen and oxygen atoms in total. The molecule has 0 unspecified atom stereocenters. The van der Waals surface area contributed by atoms with Crippen LogP contribution in [0, 0.1) is 0 Å². The number of ether oxygens (including phenoxy) is 1. The molecular formula is C10H12N2O3. The van der Waals surface area contributed by atoms with Gasteiger partial charge in [0.15, 0.2) is 0 Å². The number of hydrogen-bond donors (Lipinski definition) is 2. The van der Waals surface area contributed by atoms with Gasteiger partial charge in [0.25, 0.3) is 5.56 Å². The van der Waals surface area contributed by atoms with Crippen LogP contribution in [0.5, 0.6) is 0 Å². The van der Waals surface area contributed by atoms with Gasteiger partial charge >= 0.3 is 5.97 Å². The van der Waals surface area contributed by atoms with Crippen molar-refractivity contribution in [2.45, 2.75) is 13.0 Å². The van der Waals surface area contributed by atoms with Gasteiger partial charge in [0.05, 0.1) is 12.7 Å². The summed E-state index contributed by atoms with van der Waals surface area (Å²) in [4.78, 5) is 25.5. The number of fused-ring (bicyclic) bond motifs is 1. The molecule has 80 valence electrons. The highest BCUT2D eigenvalue weighted by Gasteiger charge is 2.20. The summed E-state index contributed by atoms with van der Waals surface area (Å²) in [6, 6.07) is 0. The zero-order chi connectivity index (χ0) is 10.8. The fraction of sp³-hybridized carbons (Fsp3) is 0.400. The third kappa shape index (κ3) is 1.66. The average molecular weight is 208 g/mol. The van der Waals surface area contributed by atoms with Crippen molar-refractivity contribution < 1.29 is 9.53 Å². The molecule has 15 heavy (non-hydrogen) atoms. The number of aromatic amines is 1. The van der Waals surface area contributed by atoms with Crippen LogP contribution in [0.2, 0.25) is 0 Å². The molecule has 0 aliphatic carbocycles. The van der Waals surface area contributed by atoms with E-state index in [1.807, 2.05) is 0 Å². The first-order valence-electron chi connectivity index (χ1n) is 4.76. The van der Waals surface area contributed by atoms with Gasteiger partial charge in [0.1, 0.15) is 0 Å². The van der Waals surface area contributed by atoms with E-state index in [1.165, 1.54) is 13.3 Å². The van der Waals surface area contributed by atoms with E-state index in [0.29, 0.717) is 24.1 Å². The van der Waals surface area contributed by atoms with Crippen molar-refractivity contribution in [2.24, 2.45) is 0 Å².